The van der Waals surface area contributed by atoms with Crippen LogP contribution in [0.4, 0.5) is 0 Å². The van der Waals surface area contributed by atoms with E-state index in [1.54, 1.807) is 18.3 Å². The molecule has 0 saturated carbocycles. The summed E-state index contributed by atoms with van der Waals surface area (Å²) in [5, 5.41) is 5.35. The molecule has 0 spiro atoms. The monoisotopic (exact) mass is 330 g/mol. The number of rotatable bonds is 6. The Bertz CT molecular complexity index is 675. The van der Waals surface area contributed by atoms with Crippen molar-refractivity contribution in [2.24, 2.45) is 0 Å². The number of nitrogens with zero attached hydrogens (tertiary/aromatic N) is 1. The molecule has 5 nitrogen and oxygen atoms in total. The van der Waals surface area contributed by atoms with Gasteiger partial charge in [-0.1, -0.05) is 13.0 Å². The highest BCUT2D eigenvalue weighted by molar-refractivity contribution is 7.91. The lowest BCUT2D eigenvalue weighted by molar-refractivity contribution is 0.0960. The first-order valence-corrected chi connectivity index (χ1v) is 9.52. The molecule has 0 aliphatic rings. The third-order valence-corrected chi connectivity index (χ3v) is 6.34. The third-order valence-electron chi connectivity index (χ3n) is 2.60. The van der Waals surface area contributed by atoms with Crippen LogP contribution < -0.4 is 5.32 Å². The SMILES string of the molecule is CCS(=O)(=O)CCNC(=O)c1cnc(-c2cccs2)s1. The zero-order valence-electron chi connectivity index (χ0n) is 10.8. The number of amides is 1. The van der Waals surface area contributed by atoms with Crippen LogP contribution in [0, 0.1) is 0 Å². The summed E-state index contributed by atoms with van der Waals surface area (Å²) in [5.41, 5.74) is 0. The number of carbonyl (C=O) groups is 1. The number of carbonyl (C=O) groups excluding carboxylic acids is 1. The van der Waals surface area contributed by atoms with E-state index in [0.29, 0.717) is 4.88 Å². The Morgan fingerprint density at radius 2 is 2.25 bits per heavy atom. The molecule has 0 unspecified atom stereocenters. The molecule has 1 amide bonds. The average Bonchev–Trinajstić information content (AvgIpc) is 3.09. The van der Waals surface area contributed by atoms with E-state index in [-0.39, 0.29) is 24.0 Å². The second-order valence-corrected chi connectivity index (χ2v) is 8.45. The highest BCUT2D eigenvalue weighted by Crippen LogP contribution is 2.28. The minimum atomic E-state index is -3.05. The molecule has 0 aliphatic heterocycles. The first kappa shape index (κ1) is 15.1. The molecule has 0 radical (unpaired) electrons. The molecule has 2 heterocycles. The number of aromatic nitrogens is 1. The molecule has 0 atom stereocenters. The van der Waals surface area contributed by atoms with Crippen molar-refractivity contribution in [1.29, 1.82) is 0 Å². The van der Waals surface area contributed by atoms with E-state index in [9.17, 15) is 13.2 Å². The molecule has 0 bridgehead atoms. The number of sulfone groups is 1. The molecule has 0 fully saturated rings. The number of thiophene rings is 1. The molecule has 0 aliphatic carbocycles. The van der Waals surface area contributed by atoms with Crippen LogP contribution >= 0.6 is 22.7 Å². The molecule has 2 aromatic rings. The van der Waals surface area contributed by atoms with Gasteiger partial charge < -0.3 is 5.32 Å². The quantitative estimate of drug-likeness (QED) is 0.879. The zero-order chi connectivity index (χ0) is 14.6. The van der Waals surface area contributed by atoms with E-state index < -0.39 is 9.84 Å². The Morgan fingerprint density at radius 3 is 2.90 bits per heavy atom. The van der Waals surface area contributed by atoms with Crippen molar-refractivity contribution in [3.8, 4) is 9.88 Å². The second-order valence-electron chi connectivity index (χ2n) is 4.00. The van der Waals surface area contributed by atoms with E-state index in [1.165, 1.54) is 17.5 Å². The molecule has 0 aromatic carbocycles. The molecule has 20 heavy (non-hydrogen) atoms. The van der Waals surface area contributed by atoms with E-state index >= 15 is 0 Å². The van der Waals surface area contributed by atoms with Crippen LogP contribution in [-0.4, -0.2) is 37.4 Å². The van der Waals surface area contributed by atoms with E-state index in [0.717, 1.165) is 9.88 Å². The van der Waals surface area contributed by atoms with Crippen molar-refractivity contribution in [1.82, 2.24) is 10.3 Å². The fourth-order valence-corrected chi connectivity index (χ4v) is 3.78. The van der Waals surface area contributed by atoms with Crippen molar-refractivity contribution in [2.45, 2.75) is 6.92 Å². The third kappa shape index (κ3) is 3.87. The maximum Gasteiger partial charge on any atom is 0.263 e. The first-order valence-electron chi connectivity index (χ1n) is 6.00. The number of hydrogen-bond acceptors (Lipinski definition) is 6. The van der Waals surface area contributed by atoms with E-state index in [2.05, 4.69) is 10.3 Å². The molecular weight excluding hydrogens is 316 g/mol. The maximum absolute atomic E-state index is 11.9. The van der Waals surface area contributed by atoms with Gasteiger partial charge in [-0.3, -0.25) is 4.79 Å². The van der Waals surface area contributed by atoms with Crippen LogP contribution in [0.1, 0.15) is 16.6 Å². The van der Waals surface area contributed by atoms with Gasteiger partial charge >= 0.3 is 0 Å². The molecule has 2 aromatic heterocycles. The van der Waals surface area contributed by atoms with Gasteiger partial charge in [-0.15, -0.1) is 22.7 Å². The Labute approximate surface area is 125 Å². The summed E-state index contributed by atoms with van der Waals surface area (Å²) in [5.74, 6) is -0.228. The maximum atomic E-state index is 11.9. The van der Waals surface area contributed by atoms with Crippen LogP contribution in [0.25, 0.3) is 9.88 Å². The standard InChI is InChI=1S/C12H14N2O3S3/c1-2-20(16,17)7-5-13-11(15)10-8-14-12(19-10)9-4-3-6-18-9/h3-4,6,8H,2,5,7H2,1H3,(H,13,15). The van der Waals surface area contributed by atoms with E-state index in [4.69, 9.17) is 0 Å². The summed E-state index contributed by atoms with van der Waals surface area (Å²) in [6.07, 6.45) is 1.52. The topological polar surface area (TPSA) is 76.1 Å². The number of hydrogen-bond donors (Lipinski definition) is 1. The highest BCUT2D eigenvalue weighted by Gasteiger charge is 2.13. The predicted octanol–water partition coefficient (Wildman–Crippen LogP) is 2.04. The van der Waals surface area contributed by atoms with Gasteiger partial charge in [0, 0.05) is 12.3 Å². The van der Waals surface area contributed by atoms with Gasteiger partial charge in [0.15, 0.2) is 9.84 Å². The lowest BCUT2D eigenvalue weighted by Crippen LogP contribution is -2.29. The Hall–Kier alpha value is -1.25. The fraction of sp³-hybridized carbons (Fsp3) is 0.333. The molecular formula is C12H14N2O3S3. The van der Waals surface area contributed by atoms with Crippen molar-refractivity contribution < 1.29 is 13.2 Å². The Kier molecular flexibility index (Phi) is 4.90. The summed E-state index contributed by atoms with van der Waals surface area (Å²) < 4.78 is 22.6. The molecule has 8 heteroatoms. The predicted molar refractivity (Wildman–Crippen MR) is 82.1 cm³/mol. The van der Waals surface area contributed by atoms with Gasteiger partial charge in [-0.05, 0) is 11.4 Å². The molecule has 2 rings (SSSR count). The minimum Gasteiger partial charge on any atom is -0.350 e. The van der Waals surface area contributed by atoms with E-state index in [1.807, 2.05) is 17.5 Å². The summed E-state index contributed by atoms with van der Waals surface area (Å²) in [4.78, 5) is 17.6. The van der Waals surface area contributed by atoms with Crippen molar-refractivity contribution in [3.05, 3.63) is 28.6 Å². The van der Waals surface area contributed by atoms with Crippen LogP contribution in [0.2, 0.25) is 0 Å². The van der Waals surface area contributed by atoms with Crippen LogP contribution in [0.3, 0.4) is 0 Å². The van der Waals surface area contributed by atoms with Gasteiger partial charge in [0.05, 0.1) is 16.8 Å². The summed E-state index contributed by atoms with van der Waals surface area (Å²) in [7, 11) is -3.05. The lowest BCUT2D eigenvalue weighted by atomic mass is 10.5. The van der Waals surface area contributed by atoms with Crippen molar-refractivity contribution >= 4 is 38.4 Å². The summed E-state index contributed by atoms with van der Waals surface area (Å²) >= 11 is 2.86. The minimum absolute atomic E-state index is 0.0359. The van der Waals surface area contributed by atoms with Crippen LogP contribution in [0.15, 0.2) is 23.7 Å². The molecule has 0 saturated heterocycles. The van der Waals surface area contributed by atoms with Crippen molar-refractivity contribution in [3.63, 3.8) is 0 Å². The Morgan fingerprint density at radius 1 is 1.45 bits per heavy atom. The van der Waals surface area contributed by atoms with Crippen LogP contribution in [0.5, 0.6) is 0 Å². The molecule has 108 valence electrons. The highest BCUT2D eigenvalue weighted by atomic mass is 32.2. The largest absolute Gasteiger partial charge is 0.350 e. The first-order chi connectivity index (χ1) is 9.52. The van der Waals surface area contributed by atoms with Crippen molar-refractivity contribution in [2.75, 3.05) is 18.1 Å². The smallest absolute Gasteiger partial charge is 0.263 e. The van der Waals surface area contributed by atoms with Gasteiger partial charge in [0.1, 0.15) is 9.88 Å². The summed E-state index contributed by atoms with van der Waals surface area (Å²) in [6, 6.07) is 3.87. The van der Waals surface area contributed by atoms with Gasteiger partial charge in [0.25, 0.3) is 5.91 Å². The van der Waals surface area contributed by atoms with Gasteiger partial charge in [-0.2, -0.15) is 0 Å². The number of nitrogens with one attached hydrogen (secondary N) is 1. The summed E-state index contributed by atoms with van der Waals surface area (Å²) in [6.45, 7) is 1.72. The number of thiazole rings is 1. The zero-order valence-corrected chi connectivity index (χ0v) is 13.3. The lowest BCUT2D eigenvalue weighted by Gasteiger charge is -2.03. The van der Waals surface area contributed by atoms with Gasteiger partial charge in [-0.25, -0.2) is 13.4 Å². The average molecular weight is 330 g/mol. The Balaban J connectivity index is 1.94. The molecule has 1 N–H and O–H groups in total. The second kappa shape index (κ2) is 6.47. The van der Waals surface area contributed by atoms with Gasteiger partial charge in [0.2, 0.25) is 0 Å². The van der Waals surface area contributed by atoms with Crippen LogP contribution in [-0.2, 0) is 9.84 Å². The fourth-order valence-electron chi connectivity index (χ4n) is 1.44. The normalized spacial score (nSPS) is 11.4.